The summed E-state index contributed by atoms with van der Waals surface area (Å²) in [6.45, 7) is 2.24. The van der Waals surface area contributed by atoms with Crippen LogP contribution in [-0.2, 0) is 16.6 Å². The summed E-state index contributed by atoms with van der Waals surface area (Å²) in [6, 6.07) is 16.8. The maximum atomic E-state index is 13.0. The monoisotopic (exact) mass is 400 g/mol. The van der Waals surface area contributed by atoms with E-state index in [1.807, 2.05) is 30.3 Å². The molecule has 0 spiro atoms. The van der Waals surface area contributed by atoms with Gasteiger partial charge in [0.25, 0.3) is 15.7 Å². The number of hydrogen-bond donors (Lipinski definition) is 0. The largest absolute Gasteiger partial charge is 0.271 e. The van der Waals surface area contributed by atoms with E-state index in [4.69, 9.17) is 0 Å². The molecule has 28 heavy (non-hydrogen) atoms. The van der Waals surface area contributed by atoms with Crippen LogP contribution in [0.25, 0.3) is 0 Å². The van der Waals surface area contributed by atoms with Gasteiger partial charge in [-0.3, -0.25) is 10.1 Å². The van der Waals surface area contributed by atoms with Crippen molar-refractivity contribution in [2.75, 3.05) is 0 Å². The van der Waals surface area contributed by atoms with Gasteiger partial charge in [0, 0.05) is 24.6 Å². The van der Waals surface area contributed by atoms with Gasteiger partial charge in [0.15, 0.2) is 0 Å². The molecule has 6 nitrogen and oxygen atoms in total. The topological polar surface area (TPSA) is 80.5 Å². The van der Waals surface area contributed by atoms with Gasteiger partial charge in [-0.05, 0) is 24.1 Å². The lowest BCUT2D eigenvalue weighted by molar-refractivity contribution is -0.384. The van der Waals surface area contributed by atoms with Crippen LogP contribution in [0.4, 0.5) is 5.69 Å². The van der Waals surface area contributed by atoms with E-state index < -0.39 is 14.9 Å². The molecular formula is C21H24N2O4S. The van der Waals surface area contributed by atoms with Crippen LogP contribution < -0.4 is 0 Å². The molecule has 0 aliphatic heterocycles. The number of nitro benzene ring substituents is 1. The first-order chi connectivity index (χ1) is 13.4. The fraction of sp³-hybridized carbons (Fsp3) is 0.333. The lowest BCUT2D eigenvalue weighted by atomic mass is 10.2. The molecule has 2 aromatic carbocycles. The van der Waals surface area contributed by atoms with Gasteiger partial charge in [0.1, 0.15) is 0 Å². The number of nitro groups is 1. The Hall–Kier alpha value is -2.85. The molecule has 0 aliphatic carbocycles. The number of hydrogen-bond acceptors (Lipinski definition) is 4. The molecule has 0 unspecified atom stereocenters. The zero-order chi connectivity index (χ0) is 20.4. The fourth-order valence-corrected chi connectivity index (χ4v) is 3.82. The summed E-state index contributed by atoms with van der Waals surface area (Å²) >= 11 is 0. The van der Waals surface area contributed by atoms with Crippen LogP contribution in [0.15, 0.2) is 59.5 Å². The number of unbranched alkanes of at least 4 members (excludes halogenated alkanes) is 4. The summed E-state index contributed by atoms with van der Waals surface area (Å²) < 4.78 is 27.2. The summed E-state index contributed by atoms with van der Waals surface area (Å²) in [4.78, 5) is 10.2. The first kappa shape index (κ1) is 21.5. The molecule has 0 atom stereocenters. The van der Waals surface area contributed by atoms with Gasteiger partial charge in [-0.2, -0.15) is 0 Å². The average molecular weight is 401 g/mol. The van der Waals surface area contributed by atoms with E-state index in [2.05, 4.69) is 18.9 Å². The Bertz CT molecular complexity index is 930. The predicted molar refractivity (Wildman–Crippen MR) is 109 cm³/mol. The van der Waals surface area contributed by atoms with Crippen molar-refractivity contribution < 1.29 is 13.3 Å². The highest BCUT2D eigenvalue weighted by Gasteiger charge is 2.23. The van der Waals surface area contributed by atoms with Gasteiger partial charge in [-0.15, -0.1) is 0 Å². The first-order valence-electron chi connectivity index (χ1n) is 9.24. The fourth-order valence-electron chi connectivity index (χ4n) is 2.59. The smallest absolute Gasteiger partial charge is 0.258 e. The Balaban J connectivity index is 2.25. The molecule has 0 aromatic heterocycles. The van der Waals surface area contributed by atoms with Crippen LogP contribution >= 0.6 is 0 Å². The van der Waals surface area contributed by atoms with Crippen molar-refractivity contribution in [1.29, 1.82) is 0 Å². The molecule has 0 N–H and O–H groups in total. The highest BCUT2D eigenvalue weighted by molar-refractivity contribution is 7.89. The van der Waals surface area contributed by atoms with Crippen LogP contribution in [-0.4, -0.2) is 17.6 Å². The third kappa shape index (κ3) is 6.10. The molecule has 0 heterocycles. The molecule has 0 saturated carbocycles. The zero-order valence-corrected chi connectivity index (χ0v) is 16.7. The zero-order valence-electron chi connectivity index (χ0n) is 15.9. The van der Waals surface area contributed by atoms with Crippen LogP contribution in [0, 0.1) is 22.1 Å². The quantitative estimate of drug-likeness (QED) is 0.201. The lowest BCUT2D eigenvalue weighted by Crippen LogP contribution is -2.26. The average Bonchev–Trinajstić information content (AvgIpc) is 2.70. The second-order valence-corrected chi connectivity index (χ2v) is 8.21. The van der Waals surface area contributed by atoms with E-state index in [1.54, 1.807) is 0 Å². The Kier molecular flexibility index (Phi) is 8.02. The first-order valence-corrected chi connectivity index (χ1v) is 10.7. The van der Waals surface area contributed by atoms with E-state index >= 15 is 0 Å². The highest BCUT2D eigenvalue weighted by Crippen LogP contribution is 2.21. The minimum Gasteiger partial charge on any atom is -0.258 e. The third-order valence-electron chi connectivity index (χ3n) is 4.16. The minimum absolute atomic E-state index is 0.0192. The standard InChI is InChI=1S/C21H24N2O4S/c1-2-3-4-5-6-10-17-22(18-19-11-8-7-9-12-19)28(26,27)21-15-13-20(14-16-21)23(24)25/h7-9,11-16H,2-6,18H2,1H3. The molecule has 7 heteroatoms. The number of benzene rings is 2. The van der Waals surface area contributed by atoms with Crippen molar-refractivity contribution in [3.8, 4) is 12.0 Å². The van der Waals surface area contributed by atoms with Gasteiger partial charge in [-0.1, -0.05) is 62.4 Å². The van der Waals surface area contributed by atoms with Gasteiger partial charge in [-0.25, -0.2) is 12.7 Å². The van der Waals surface area contributed by atoms with E-state index in [9.17, 15) is 18.5 Å². The predicted octanol–water partition coefficient (Wildman–Crippen LogP) is 4.72. The molecule has 0 fully saturated rings. The maximum absolute atomic E-state index is 13.0. The third-order valence-corrected chi connectivity index (χ3v) is 5.83. The molecule has 0 amide bonds. The van der Waals surface area contributed by atoms with Gasteiger partial charge < -0.3 is 0 Å². The van der Waals surface area contributed by atoms with Gasteiger partial charge in [0.05, 0.1) is 16.4 Å². The van der Waals surface area contributed by atoms with Crippen LogP contribution in [0.2, 0.25) is 0 Å². The highest BCUT2D eigenvalue weighted by atomic mass is 32.2. The molecule has 148 valence electrons. The second-order valence-electron chi connectivity index (χ2n) is 6.35. The van der Waals surface area contributed by atoms with Crippen LogP contribution in [0.3, 0.4) is 0 Å². The van der Waals surface area contributed by atoms with Crippen LogP contribution in [0.1, 0.15) is 44.6 Å². The summed E-state index contributed by atoms with van der Waals surface area (Å²) in [7, 11) is -3.90. The second kappa shape index (κ2) is 10.5. The molecule has 2 rings (SSSR count). The summed E-state index contributed by atoms with van der Waals surface area (Å²) in [5, 5.41) is 10.8. The Morgan fingerprint density at radius 1 is 1.00 bits per heavy atom. The van der Waals surface area contributed by atoms with Gasteiger partial charge in [0.2, 0.25) is 0 Å². The normalized spacial score (nSPS) is 10.8. The number of sulfonamides is 1. The van der Waals surface area contributed by atoms with Crippen LogP contribution in [0.5, 0.6) is 0 Å². The van der Waals surface area contributed by atoms with Gasteiger partial charge >= 0.3 is 0 Å². The molecular weight excluding hydrogens is 376 g/mol. The number of rotatable bonds is 9. The number of nitrogens with zero attached hydrogens (tertiary/aromatic N) is 2. The number of non-ortho nitro benzene ring substituents is 1. The summed E-state index contributed by atoms with van der Waals surface area (Å²) in [5.74, 6) is 2.96. The Labute approximate surface area is 166 Å². The Morgan fingerprint density at radius 2 is 1.68 bits per heavy atom. The van der Waals surface area contributed by atoms with E-state index in [-0.39, 0.29) is 17.1 Å². The van der Waals surface area contributed by atoms with Crippen molar-refractivity contribution in [2.45, 2.75) is 50.5 Å². The van der Waals surface area contributed by atoms with Crippen molar-refractivity contribution in [3.05, 3.63) is 70.3 Å². The summed E-state index contributed by atoms with van der Waals surface area (Å²) in [6.07, 6.45) is 4.89. The summed E-state index contributed by atoms with van der Waals surface area (Å²) in [5.41, 5.74) is 0.656. The maximum Gasteiger partial charge on any atom is 0.271 e. The van der Waals surface area contributed by atoms with E-state index in [0.29, 0.717) is 6.42 Å². The molecule has 0 bridgehead atoms. The SMILES string of the molecule is CCCCCCC#CN(Cc1ccccc1)S(=O)(=O)c1ccc([N+](=O)[O-])cc1. The Morgan fingerprint density at radius 3 is 2.29 bits per heavy atom. The minimum atomic E-state index is -3.90. The molecule has 0 saturated heterocycles. The van der Waals surface area contributed by atoms with E-state index in [0.717, 1.165) is 35.6 Å². The lowest BCUT2D eigenvalue weighted by Gasteiger charge is -2.18. The molecule has 2 aromatic rings. The van der Waals surface area contributed by atoms with Crippen molar-refractivity contribution in [1.82, 2.24) is 4.31 Å². The van der Waals surface area contributed by atoms with Crippen molar-refractivity contribution in [3.63, 3.8) is 0 Å². The van der Waals surface area contributed by atoms with Crippen molar-refractivity contribution >= 4 is 15.7 Å². The van der Waals surface area contributed by atoms with Crippen molar-refractivity contribution in [2.24, 2.45) is 0 Å². The van der Waals surface area contributed by atoms with E-state index in [1.165, 1.54) is 24.3 Å². The molecule has 0 radical (unpaired) electrons. The molecule has 0 aliphatic rings.